The highest BCUT2D eigenvalue weighted by atomic mass is 16.5. The Hall–Kier alpha value is -3.93. The third-order valence-electron chi connectivity index (χ3n) is 5.36. The zero-order valence-corrected chi connectivity index (χ0v) is 18.5. The number of nitrogens with zero attached hydrogens (tertiary/aromatic N) is 3. The number of fused-ring (bicyclic) bond motifs is 1. The summed E-state index contributed by atoms with van der Waals surface area (Å²) in [5.41, 5.74) is 7.69. The van der Waals surface area contributed by atoms with Crippen LogP contribution >= 0.6 is 0 Å². The quantitative estimate of drug-likeness (QED) is 0.348. The van der Waals surface area contributed by atoms with Crippen LogP contribution < -0.4 is 10.2 Å². The zero-order valence-electron chi connectivity index (χ0n) is 18.5. The van der Waals surface area contributed by atoms with Gasteiger partial charge in [0.2, 0.25) is 0 Å². The van der Waals surface area contributed by atoms with Crippen molar-refractivity contribution >= 4 is 22.9 Å². The second kappa shape index (κ2) is 9.47. The summed E-state index contributed by atoms with van der Waals surface area (Å²) in [6, 6.07) is 22.2. The Kier molecular flexibility index (Phi) is 6.31. The molecule has 6 heteroatoms. The number of hydrogen-bond donors (Lipinski definition) is 1. The minimum atomic E-state index is -0.322. The highest BCUT2D eigenvalue weighted by molar-refractivity contribution is 5.85. The van der Waals surface area contributed by atoms with E-state index in [4.69, 9.17) is 4.74 Å². The Morgan fingerprint density at radius 1 is 1.03 bits per heavy atom. The number of ether oxygens (including phenoxy) is 1. The predicted molar refractivity (Wildman–Crippen MR) is 127 cm³/mol. The van der Waals surface area contributed by atoms with Gasteiger partial charge in [0.1, 0.15) is 5.75 Å². The highest BCUT2D eigenvalue weighted by Crippen LogP contribution is 2.20. The van der Waals surface area contributed by atoms with Gasteiger partial charge >= 0.3 is 0 Å². The maximum atomic E-state index is 12.1. The summed E-state index contributed by atoms with van der Waals surface area (Å²) < 4.78 is 7.55. The van der Waals surface area contributed by atoms with E-state index in [9.17, 15) is 4.79 Å². The Morgan fingerprint density at radius 2 is 1.78 bits per heavy atom. The molecule has 1 amide bonds. The molecule has 6 nitrogen and oxygen atoms in total. The minimum absolute atomic E-state index is 0.111. The van der Waals surface area contributed by atoms with Crippen molar-refractivity contribution in [2.24, 2.45) is 5.10 Å². The van der Waals surface area contributed by atoms with Gasteiger partial charge in [0.25, 0.3) is 5.91 Å². The van der Waals surface area contributed by atoms with E-state index < -0.39 is 0 Å². The van der Waals surface area contributed by atoms with Crippen molar-refractivity contribution in [3.05, 3.63) is 94.8 Å². The van der Waals surface area contributed by atoms with Crippen molar-refractivity contribution in [3.63, 3.8) is 0 Å². The Morgan fingerprint density at radius 3 is 2.56 bits per heavy atom. The van der Waals surface area contributed by atoms with Gasteiger partial charge in [-0.25, -0.2) is 5.43 Å². The van der Waals surface area contributed by atoms with E-state index >= 15 is 0 Å². The van der Waals surface area contributed by atoms with Gasteiger partial charge < -0.3 is 4.74 Å². The number of nitrogens with one attached hydrogen (secondary N) is 1. The first-order chi connectivity index (χ1) is 15.5. The van der Waals surface area contributed by atoms with E-state index in [1.54, 1.807) is 6.21 Å². The summed E-state index contributed by atoms with van der Waals surface area (Å²) in [6.45, 7) is 6.58. The summed E-state index contributed by atoms with van der Waals surface area (Å²) in [4.78, 5) is 12.1. The second-order valence-electron chi connectivity index (χ2n) is 7.82. The van der Waals surface area contributed by atoms with Crippen molar-refractivity contribution in [2.45, 2.75) is 27.3 Å². The number of carbonyl (C=O) groups is 1. The van der Waals surface area contributed by atoms with E-state index in [-0.39, 0.29) is 12.5 Å². The van der Waals surface area contributed by atoms with Crippen LogP contribution in [-0.4, -0.2) is 28.5 Å². The first-order valence-electron chi connectivity index (χ1n) is 10.5. The van der Waals surface area contributed by atoms with Gasteiger partial charge in [-0.15, -0.1) is 0 Å². The molecule has 0 atom stereocenters. The van der Waals surface area contributed by atoms with Crippen LogP contribution in [0.1, 0.15) is 28.1 Å². The van der Waals surface area contributed by atoms with E-state index in [0.717, 1.165) is 27.7 Å². The standard InChI is InChI=1S/C26H26N4O2/c1-18-8-10-21(11-9-18)16-30-20(3)25(19(2)29-30)15-27-28-26(31)17-32-24-13-12-22-6-4-5-7-23(22)14-24/h4-15H,16-17H2,1-3H3,(H,28,31)/b27-15+. The van der Waals surface area contributed by atoms with Crippen molar-refractivity contribution in [2.75, 3.05) is 6.61 Å². The molecule has 0 saturated heterocycles. The number of hydrazone groups is 1. The molecule has 4 aromatic rings. The molecule has 162 valence electrons. The summed E-state index contributed by atoms with van der Waals surface area (Å²) in [7, 11) is 0. The summed E-state index contributed by atoms with van der Waals surface area (Å²) in [5, 5.41) is 10.9. The zero-order chi connectivity index (χ0) is 22.5. The van der Waals surface area contributed by atoms with Gasteiger partial charge in [-0.1, -0.05) is 60.2 Å². The molecule has 1 aromatic heterocycles. The van der Waals surface area contributed by atoms with E-state index in [2.05, 4.69) is 46.8 Å². The van der Waals surface area contributed by atoms with Crippen LogP contribution in [0.2, 0.25) is 0 Å². The van der Waals surface area contributed by atoms with Crippen LogP contribution in [0, 0.1) is 20.8 Å². The van der Waals surface area contributed by atoms with Gasteiger partial charge in [0.15, 0.2) is 6.61 Å². The molecular formula is C26H26N4O2. The Labute approximate surface area is 187 Å². The number of amides is 1. The lowest BCUT2D eigenvalue weighted by molar-refractivity contribution is -0.123. The molecule has 0 spiro atoms. The molecule has 0 aliphatic carbocycles. The molecular weight excluding hydrogens is 400 g/mol. The van der Waals surface area contributed by atoms with Crippen molar-refractivity contribution in [1.82, 2.24) is 15.2 Å². The van der Waals surface area contributed by atoms with Gasteiger partial charge in [0, 0.05) is 11.3 Å². The molecule has 1 N–H and O–H groups in total. The van der Waals surface area contributed by atoms with Crippen LogP contribution in [-0.2, 0) is 11.3 Å². The first-order valence-corrected chi connectivity index (χ1v) is 10.5. The first kappa shape index (κ1) is 21.3. The van der Waals surface area contributed by atoms with E-state index in [1.807, 2.05) is 61.0 Å². The minimum Gasteiger partial charge on any atom is -0.484 e. The Bertz CT molecular complexity index is 1270. The second-order valence-corrected chi connectivity index (χ2v) is 7.82. The number of aryl methyl sites for hydroxylation is 2. The van der Waals surface area contributed by atoms with Gasteiger partial charge in [-0.05, 0) is 49.2 Å². The summed E-state index contributed by atoms with van der Waals surface area (Å²) >= 11 is 0. The normalized spacial score (nSPS) is 11.2. The third-order valence-corrected chi connectivity index (χ3v) is 5.36. The smallest absolute Gasteiger partial charge is 0.277 e. The fourth-order valence-electron chi connectivity index (χ4n) is 3.53. The Balaban J connectivity index is 1.34. The lowest BCUT2D eigenvalue weighted by atomic mass is 10.1. The molecule has 0 fully saturated rings. The van der Waals surface area contributed by atoms with Crippen LogP contribution in [0.4, 0.5) is 0 Å². The molecule has 0 unspecified atom stereocenters. The molecule has 0 aliphatic heterocycles. The topological polar surface area (TPSA) is 68.5 Å². The van der Waals surface area contributed by atoms with Crippen molar-refractivity contribution < 1.29 is 9.53 Å². The average Bonchev–Trinajstić information content (AvgIpc) is 3.06. The van der Waals surface area contributed by atoms with Crippen molar-refractivity contribution in [3.8, 4) is 5.75 Å². The molecule has 0 bridgehead atoms. The molecule has 1 heterocycles. The lowest BCUT2D eigenvalue weighted by Gasteiger charge is -2.06. The summed E-state index contributed by atoms with van der Waals surface area (Å²) in [6.07, 6.45) is 1.64. The number of aromatic nitrogens is 2. The number of benzene rings is 3. The largest absolute Gasteiger partial charge is 0.484 e. The van der Waals surface area contributed by atoms with E-state index in [0.29, 0.717) is 12.3 Å². The SMILES string of the molecule is Cc1ccc(Cn2nc(C)c(/C=N/NC(=O)COc3ccc4ccccc4c3)c2C)cc1. The fourth-order valence-corrected chi connectivity index (χ4v) is 3.53. The molecule has 3 aromatic carbocycles. The summed E-state index contributed by atoms with van der Waals surface area (Å²) in [5.74, 6) is 0.323. The van der Waals surface area contributed by atoms with Gasteiger partial charge in [-0.2, -0.15) is 10.2 Å². The maximum absolute atomic E-state index is 12.1. The van der Waals surface area contributed by atoms with Crippen LogP contribution in [0.15, 0.2) is 71.8 Å². The molecule has 0 aliphatic rings. The lowest BCUT2D eigenvalue weighted by Crippen LogP contribution is -2.24. The number of rotatable bonds is 7. The van der Waals surface area contributed by atoms with E-state index in [1.165, 1.54) is 11.1 Å². The van der Waals surface area contributed by atoms with Gasteiger partial charge in [0.05, 0.1) is 18.5 Å². The number of hydrogen-bond acceptors (Lipinski definition) is 4. The maximum Gasteiger partial charge on any atom is 0.277 e. The predicted octanol–water partition coefficient (Wildman–Crippen LogP) is 4.54. The molecule has 32 heavy (non-hydrogen) atoms. The van der Waals surface area contributed by atoms with Crippen molar-refractivity contribution in [1.29, 1.82) is 0 Å². The number of carbonyl (C=O) groups excluding carboxylic acids is 1. The van der Waals surface area contributed by atoms with Crippen LogP contribution in [0.3, 0.4) is 0 Å². The fraction of sp³-hybridized carbons (Fsp3) is 0.192. The van der Waals surface area contributed by atoms with Crippen LogP contribution in [0.25, 0.3) is 10.8 Å². The monoisotopic (exact) mass is 426 g/mol. The molecule has 0 saturated carbocycles. The molecule has 4 rings (SSSR count). The average molecular weight is 427 g/mol. The van der Waals surface area contributed by atoms with Crippen LogP contribution in [0.5, 0.6) is 5.75 Å². The highest BCUT2D eigenvalue weighted by Gasteiger charge is 2.10. The third kappa shape index (κ3) is 5.03. The van der Waals surface area contributed by atoms with Gasteiger partial charge in [-0.3, -0.25) is 9.48 Å². The molecule has 0 radical (unpaired) electrons.